The summed E-state index contributed by atoms with van der Waals surface area (Å²) in [5, 5.41) is 11.3. The van der Waals surface area contributed by atoms with Gasteiger partial charge in [-0.15, -0.1) is 11.8 Å². The molecule has 4 rings (SSSR count). The number of aromatic nitrogens is 3. The highest BCUT2D eigenvalue weighted by atomic mass is 35.5. The van der Waals surface area contributed by atoms with Gasteiger partial charge >= 0.3 is 0 Å². The van der Waals surface area contributed by atoms with Crippen molar-refractivity contribution < 1.29 is 4.79 Å². The molecule has 0 radical (unpaired) electrons. The van der Waals surface area contributed by atoms with Crippen molar-refractivity contribution in [3.05, 3.63) is 65.4 Å². The third kappa shape index (κ3) is 3.59. The number of hydrogen-bond donors (Lipinski definition) is 2. The molecule has 0 fully saturated rings. The molecule has 8 heteroatoms. The minimum atomic E-state index is -0.370. The molecule has 1 aliphatic rings. The van der Waals surface area contributed by atoms with Crippen molar-refractivity contribution in [1.29, 1.82) is 0 Å². The van der Waals surface area contributed by atoms with Crippen LogP contribution in [0.15, 0.2) is 59.8 Å². The fourth-order valence-electron chi connectivity index (χ4n) is 3.55. The van der Waals surface area contributed by atoms with E-state index < -0.39 is 0 Å². The lowest BCUT2D eigenvalue weighted by molar-refractivity contribution is -0.121. The van der Waals surface area contributed by atoms with Gasteiger partial charge in [0.1, 0.15) is 6.33 Å². The highest BCUT2D eigenvalue weighted by Crippen LogP contribution is 2.37. The van der Waals surface area contributed by atoms with Crippen LogP contribution < -0.4 is 10.6 Å². The third-order valence-electron chi connectivity index (χ3n) is 4.94. The molecule has 0 bridgehead atoms. The molecule has 0 saturated heterocycles. The van der Waals surface area contributed by atoms with Crippen molar-refractivity contribution in [2.24, 2.45) is 5.92 Å². The summed E-state index contributed by atoms with van der Waals surface area (Å²) in [6.07, 6.45) is 3.55. The van der Waals surface area contributed by atoms with E-state index in [0.717, 1.165) is 5.56 Å². The van der Waals surface area contributed by atoms with Gasteiger partial charge in [0.25, 0.3) is 0 Å². The summed E-state index contributed by atoms with van der Waals surface area (Å²) in [4.78, 5) is 18.7. The van der Waals surface area contributed by atoms with Gasteiger partial charge in [-0.2, -0.15) is 10.1 Å². The maximum absolute atomic E-state index is 13.3. The van der Waals surface area contributed by atoms with E-state index in [4.69, 9.17) is 11.6 Å². The predicted molar refractivity (Wildman–Crippen MR) is 113 cm³/mol. The monoisotopic (exact) mass is 413 g/mol. The molecule has 1 amide bonds. The summed E-state index contributed by atoms with van der Waals surface area (Å²) in [5.41, 5.74) is 1.73. The Kier molecular flexibility index (Phi) is 5.28. The van der Waals surface area contributed by atoms with Crippen LogP contribution in [0.5, 0.6) is 0 Å². The number of hydrogen-bond acceptors (Lipinski definition) is 5. The molecule has 0 saturated carbocycles. The van der Waals surface area contributed by atoms with E-state index in [0.29, 0.717) is 16.7 Å². The van der Waals surface area contributed by atoms with Gasteiger partial charge in [-0.3, -0.25) is 4.79 Å². The number of nitrogens with one attached hydrogen (secondary N) is 2. The SMILES string of the molecule is CSc1ccc([C@H]2[C@H](C(=O)Nc3ccc(Cl)cc3)[C@H](C)Nc3ncnn32)cc1. The molecule has 2 heterocycles. The number of halogens is 1. The van der Waals surface area contributed by atoms with E-state index in [1.54, 1.807) is 40.7 Å². The van der Waals surface area contributed by atoms with E-state index in [1.165, 1.54) is 11.2 Å². The summed E-state index contributed by atoms with van der Waals surface area (Å²) in [6.45, 7) is 1.99. The predicted octanol–water partition coefficient (Wildman–Crippen LogP) is 4.31. The lowest BCUT2D eigenvalue weighted by atomic mass is 9.85. The van der Waals surface area contributed by atoms with Crippen LogP contribution in [0.1, 0.15) is 18.5 Å². The molecule has 0 unspecified atom stereocenters. The van der Waals surface area contributed by atoms with E-state index in [1.807, 2.05) is 13.2 Å². The molecule has 28 heavy (non-hydrogen) atoms. The number of anilines is 2. The van der Waals surface area contributed by atoms with Gasteiger partial charge in [0.15, 0.2) is 0 Å². The van der Waals surface area contributed by atoms with Gasteiger partial charge < -0.3 is 10.6 Å². The minimum absolute atomic E-state index is 0.0811. The number of carbonyl (C=O) groups is 1. The number of nitrogens with zero attached hydrogens (tertiary/aromatic N) is 3. The number of benzene rings is 2. The number of amides is 1. The van der Waals surface area contributed by atoms with Crippen LogP contribution in [0.4, 0.5) is 11.6 Å². The number of thioether (sulfide) groups is 1. The number of carbonyl (C=O) groups excluding carboxylic acids is 1. The van der Waals surface area contributed by atoms with Crippen molar-refractivity contribution in [2.75, 3.05) is 16.9 Å². The zero-order chi connectivity index (χ0) is 19.7. The molecule has 3 atom stereocenters. The Morgan fingerprint density at radius 2 is 1.89 bits per heavy atom. The van der Waals surface area contributed by atoms with Gasteiger partial charge in [0.05, 0.1) is 12.0 Å². The Labute approximate surface area is 172 Å². The second-order valence-corrected chi connectivity index (χ2v) is 8.02. The molecular formula is C20H20ClN5OS. The fraction of sp³-hybridized carbons (Fsp3) is 0.250. The highest BCUT2D eigenvalue weighted by Gasteiger charge is 2.41. The normalized spacial score (nSPS) is 20.9. The number of rotatable bonds is 4. The highest BCUT2D eigenvalue weighted by molar-refractivity contribution is 7.98. The van der Waals surface area contributed by atoms with Gasteiger partial charge in [0, 0.05) is 21.6 Å². The zero-order valence-electron chi connectivity index (χ0n) is 15.5. The van der Waals surface area contributed by atoms with Gasteiger partial charge in [-0.05, 0) is 55.1 Å². The Hall–Kier alpha value is -2.51. The first-order valence-corrected chi connectivity index (χ1v) is 10.5. The van der Waals surface area contributed by atoms with E-state index >= 15 is 0 Å². The lowest BCUT2D eigenvalue weighted by Crippen LogP contribution is -2.46. The topological polar surface area (TPSA) is 71.8 Å². The molecule has 2 N–H and O–H groups in total. The molecule has 1 aromatic heterocycles. The lowest BCUT2D eigenvalue weighted by Gasteiger charge is -2.36. The van der Waals surface area contributed by atoms with E-state index in [2.05, 4.69) is 45.0 Å². The summed E-state index contributed by atoms with van der Waals surface area (Å²) in [6, 6.07) is 15.0. The third-order valence-corrected chi connectivity index (χ3v) is 5.94. The van der Waals surface area contributed by atoms with Gasteiger partial charge in [-0.25, -0.2) is 4.68 Å². The van der Waals surface area contributed by atoms with E-state index in [-0.39, 0.29) is 23.9 Å². The average molecular weight is 414 g/mol. The van der Waals surface area contributed by atoms with Crippen molar-refractivity contribution >= 4 is 40.9 Å². The average Bonchev–Trinajstić information content (AvgIpc) is 3.16. The quantitative estimate of drug-likeness (QED) is 0.623. The van der Waals surface area contributed by atoms with Gasteiger partial charge in [0.2, 0.25) is 11.9 Å². The standard InChI is InChI=1S/C20H20ClN5OS/c1-12-17(19(27)25-15-7-5-14(21)6-8-15)18(26-20(24-12)22-11-23-26)13-3-9-16(28-2)10-4-13/h3-12,17-18H,1-2H3,(H,25,27)(H,22,23,24)/t12-,17+,18-/m0/s1. The smallest absolute Gasteiger partial charge is 0.232 e. The molecule has 0 aliphatic carbocycles. The summed E-state index contributed by atoms with van der Waals surface area (Å²) in [5.74, 6) is 0.217. The Bertz CT molecular complexity index is 973. The zero-order valence-corrected chi connectivity index (χ0v) is 17.0. The molecule has 1 aliphatic heterocycles. The summed E-state index contributed by atoms with van der Waals surface area (Å²) >= 11 is 7.63. The van der Waals surface area contributed by atoms with Crippen LogP contribution in [0.2, 0.25) is 5.02 Å². The van der Waals surface area contributed by atoms with E-state index in [9.17, 15) is 4.79 Å². The van der Waals surface area contributed by atoms with Crippen LogP contribution >= 0.6 is 23.4 Å². The number of fused-ring (bicyclic) bond motifs is 1. The second kappa shape index (κ2) is 7.85. The minimum Gasteiger partial charge on any atom is -0.351 e. The fourth-order valence-corrected chi connectivity index (χ4v) is 4.09. The maximum atomic E-state index is 13.3. The Morgan fingerprint density at radius 3 is 2.57 bits per heavy atom. The summed E-state index contributed by atoms with van der Waals surface area (Å²) < 4.78 is 1.79. The van der Waals surface area contributed by atoms with Gasteiger partial charge in [-0.1, -0.05) is 23.7 Å². The Balaban J connectivity index is 1.70. The summed E-state index contributed by atoms with van der Waals surface area (Å²) in [7, 11) is 0. The second-order valence-electron chi connectivity index (χ2n) is 6.70. The van der Waals surface area contributed by atoms with Crippen LogP contribution in [0.3, 0.4) is 0 Å². The molecule has 0 spiro atoms. The molecule has 6 nitrogen and oxygen atoms in total. The molecular weight excluding hydrogens is 394 g/mol. The first kappa shape index (κ1) is 18.8. The molecule has 144 valence electrons. The largest absolute Gasteiger partial charge is 0.351 e. The van der Waals surface area contributed by atoms with Crippen molar-refractivity contribution in [3.63, 3.8) is 0 Å². The Morgan fingerprint density at radius 1 is 1.18 bits per heavy atom. The molecule has 2 aromatic carbocycles. The van der Waals surface area contributed by atoms with Crippen molar-refractivity contribution in [2.45, 2.75) is 23.9 Å². The van der Waals surface area contributed by atoms with Crippen LogP contribution in [0, 0.1) is 5.92 Å². The van der Waals surface area contributed by atoms with Crippen LogP contribution in [-0.4, -0.2) is 33.0 Å². The van der Waals surface area contributed by atoms with Crippen molar-refractivity contribution in [3.8, 4) is 0 Å². The van der Waals surface area contributed by atoms with Crippen LogP contribution in [-0.2, 0) is 4.79 Å². The van der Waals surface area contributed by atoms with Crippen molar-refractivity contribution in [1.82, 2.24) is 14.8 Å². The first-order chi connectivity index (χ1) is 13.6. The van der Waals surface area contributed by atoms with Crippen LogP contribution in [0.25, 0.3) is 0 Å². The first-order valence-electron chi connectivity index (χ1n) is 8.93. The maximum Gasteiger partial charge on any atom is 0.232 e. The molecule has 3 aromatic rings.